The van der Waals surface area contributed by atoms with Crippen molar-refractivity contribution in [2.75, 3.05) is 6.61 Å². The number of fused-ring (bicyclic) bond motifs is 6. The summed E-state index contributed by atoms with van der Waals surface area (Å²) in [4.78, 5) is 0. The molecule has 5 rings (SSSR count). The highest BCUT2D eigenvalue weighted by Gasteiger charge is 2.53. The number of rotatable bonds is 0. The zero-order valence-electron chi connectivity index (χ0n) is 13.9. The molecule has 3 heterocycles. The van der Waals surface area contributed by atoms with Gasteiger partial charge in [-0.2, -0.15) is 0 Å². The fourth-order valence-corrected chi connectivity index (χ4v) is 3.73. The van der Waals surface area contributed by atoms with Crippen LogP contribution < -0.4 is 14.2 Å². The maximum absolute atomic E-state index is 11.3. The van der Waals surface area contributed by atoms with Gasteiger partial charge in [0.1, 0.15) is 35.2 Å². The lowest BCUT2D eigenvalue weighted by Gasteiger charge is -2.35. The van der Waals surface area contributed by atoms with Gasteiger partial charge in [-0.05, 0) is 44.2 Å². The molecule has 128 valence electrons. The molecule has 2 aromatic carbocycles. The zero-order chi connectivity index (χ0) is 17.4. The molecular weight excluding hydrogens is 320 g/mol. The molecule has 25 heavy (non-hydrogen) atoms. The Morgan fingerprint density at radius 2 is 1.92 bits per heavy atom. The van der Waals surface area contributed by atoms with Crippen LogP contribution in [-0.2, 0) is 5.60 Å². The van der Waals surface area contributed by atoms with Crippen molar-refractivity contribution in [3.8, 4) is 23.0 Å². The summed E-state index contributed by atoms with van der Waals surface area (Å²) >= 11 is 0. The molecule has 0 spiro atoms. The third kappa shape index (κ3) is 1.99. The number of hydrogen-bond donors (Lipinski definition) is 2. The van der Waals surface area contributed by atoms with E-state index in [2.05, 4.69) is 0 Å². The molecule has 5 nitrogen and oxygen atoms in total. The summed E-state index contributed by atoms with van der Waals surface area (Å²) < 4.78 is 17.8. The smallest absolute Gasteiger partial charge is 0.168 e. The SMILES string of the molecule is CC1(C)C=Cc2cc3c(cc2O1)[C@]1(O)COc2cc(O)ccc2[C@@H]1O3. The van der Waals surface area contributed by atoms with Gasteiger partial charge in [-0.3, -0.25) is 0 Å². The molecule has 3 aliphatic rings. The minimum absolute atomic E-state index is 0.0547. The molecule has 3 aliphatic heterocycles. The van der Waals surface area contributed by atoms with Crippen LogP contribution in [0.3, 0.4) is 0 Å². The summed E-state index contributed by atoms with van der Waals surface area (Å²) in [6.07, 6.45) is 3.43. The van der Waals surface area contributed by atoms with Crippen molar-refractivity contribution < 1.29 is 24.4 Å². The predicted octanol–water partition coefficient (Wildman–Crippen LogP) is 3.29. The Kier molecular flexibility index (Phi) is 2.63. The van der Waals surface area contributed by atoms with Gasteiger partial charge in [0.15, 0.2) is 11.7 Å². The monoisotopic (exact) mass is 338 g/mol. The van der Waals surface area contributed by atoms with Crippen LogP contribution in [0.25, 0.3) is 6.08 Å². The molecule has 0 amide bonds. The number of ether oxygens (including phenoxy) is 3. The van der Waals surface area contributed by atoms with Crippen LogP contribution in [0.2, 0.25) is 0 Å². The summed E-state index contributed by atoms with van der Waals surface area (Å²) in [5.74, 6) is 2.00. The Morgan fingerprint density at radius 3 is 2.76 bits per heavy atom. The van der Waals surface area contributed by atoms with Gasteiger partial charge in [-0.15, -0.1) is 0 Å². The Hall–Kier alpha value is -2.66. The van der Waals surface area contributed by atoms with Crippen LogP contribution in [-0.4, -0.2) is 22.4 Å². The molecule has 0 saturated heterocycles. The van der Waals surface area contributed by atoms with E-state index in [0.717, 1.165) is 16.9 Å². The van der Waals surface area contributed by atoms with Crippen molar-refractivity contribution in [2.24, 2.45) is 0 Å². The van der Waals surface area contributed by atoms with Crippen molar-refractivity contribution in [3.05, 3.63) is 53.1 Å². The van der Waals surface area contributed by atoms with Gasteiger partial charge in [0.05, 0.1) is 0 Å². The third-order valence-corrected chi connectivity index (χ3v) is 5.02. The highest BCUT2D eigenvalue weighted by atomic mass is 16.5. The predicted molar refractivity (Wildman–Crippen MR) is 91.1 cm³/mol. The summed E-state index contributed by atoms with van der Waals surface area (Å²) in [6, 6.07) is 8.59. The first-order valence-electron chi connectivity index (χ1n) is 8.27. The maximum Gasteiger partial charge on any atom is 0.168 e. The number of phenolic OH excluding ortho intramolecular Hbond substituents is 1. The Bertz CT molecular complexity index is 930. The average molecular weight is 338 g/mol. The van der Waals surface area contributed by atoms with Crippen LogP contribution in [0.4, 0.5) is 0 Å². The van der Waals surface area contributed by atoms with Gasteiger partial charge in [0.25, 0.3) is 0 Å². The first kappa shape index (κ1) is 14.7. The third-order valence-electron chi connectivity index (χ3n) is 5.02. The van der Waals surface area contributed by atoms with E-state index < -0.39 is 17.3 Å². The van der Waals surface area contributed by atoms with E-state index in [1.165, 1.54) is 0 Å². The molecule has 0 fully saturated rings. The second-order valence-electron chi connectivity index (χ2n) is 7.36. The molecule has 0 aromatic heterocycles. The van der Waals surface area contributed by atoms with E-state index >= 15 is 0 Å². The van der Waals surface area contributed by atoms with E-state index in [4.69, 9.17) is 14.2 Å². The minimum Gasteiger partial charge on any atom is -0.508 e. The molecule has 5 heteroatoms. The second kappa shape index (κ2) is 4.49. The molecule has 0 saturated carbocycles. The van der Waals surface area contributed by atoms with Gasteiger partial charge in [-0.1, -0.05) is 6.08 Å². The summed E-state index contributed by atoms with van der Waals surface area (Å²) in [5.41, 5.74) is 0.629. The number of aromatic hydroxyl groups is 1. The van der Waals surface area contributed by atoms with Gasteiger partial charge in [-0.25, -0.2) is 0 Å². The number of phenols is 1. The van der Waals surface area contributed by atoms with Gasteiger partial charge < -0.3 is 24.4 Å². The van der Waals surface area contributed by atoms with E-state index in [-0.39, 0.29) is 12.4 Å². The van der Waals surface area contributed by atoms with Gasteiger partial charge >= 0.3 is 0 Å². The van der Waals surface area contributed by atoms with Crippen LogP contribution >= 0.6 is 0 Å². The summed E-state index contributed by atoms with van der Waals surface area (Å²) in [7, 11) is 0. The maximum atomic E-state index is 11.3. The van der Waals surface area contributed by atoms with Crippen molar-refractivity contribution in [1.82, 2.24) is 0 Å². The minimum atomic E-state index is -1.29. The average Bonchev–Trinajstić information content (AvgIpc) is 2.84. The standard InChI is InChI=1S/C20H18O5/c1-19(2)6-5-11-7-17-14(9-15(11)25-19)20(22)10-23-16-8-12(21)3-4-13(16)18(20)24-17/h3-9,18,21-22H,10H2,1-2H3/t18-,20+/m0/s1. The van der Waals surface area contributed by atoms with Crippen LogP contribution in [0, 0.1) is 0 Å². The number of aliphatic hydroxyl groups is 1. The van der Waals surface area contributed by atoms with Crippen molar-refractivity contribution >= 4 is 6.08 Å². The summed E-state index contributed by atoms with van der Waals surface area (Å²) in [6.45, 7) is 4.03. The highest BCUT2D eigenvalue weighted by molar-refractivity contribution is 5.67. The van der Waals surface area contributed by atoms with E-state index in [1.54, 1.807) is 18.2 Å². The summed E-state index contributed by atoms with van der Waals surface area (Å²) in [5, 5.41) is 21.0. The molecule has 2 atom stereocenters. The van der Waals surface area contributed by atoms with E-state index in [1.807, 2.05) is 38.1 Å². The molecule has 0 bridgehead atoms. The molecule has 0 radical (unpaired) electrons. The lowest BCUT2D eigenvalue weighted by atomic mass is 9.84. The molecule has 2 aromatic rings. The largest absolute Gasteiger partial charge is 0.508 e. The van der Waals surface area contributed by atoms with Crippen LogP contribution in [0.1, 0.15) is 36.6 Å². The lowest BCUT2D eigenvalue weighted by Crippen LogP contribution is -2.41. The molecular formula is C20H18O5. The molecule has 2 N–H and O–H groups in total. The normalized spacial score (nSPS) is 27.1. The van der Waals surface area contributed by atoms with Crippen molar-refractivity contribution in [1.29, 1.82) is 0 Å². The van der Waals surface area contributed by atoms with E-state index in [0.29, 0.717) is 17.1 Å². The topological polar surface area (TPSA) is 68.2 Å². The Balaban J connectivity index is 1.64. The van der Waals surface area contributed by atoms with Gasteiger partial charge in [0.2, 0.25) is 0 Å². The molecule has 0 unspecified atom stereocenters. The number of benzene rings is 2. The Morgan fingerprint density at radius 1 is 1.08 bits per heavy atom. The highest BCUT2D eigenvalue weighted by Crippen LogP contribution is 2.55. The lowest BCUT2D eigenvalue weighted by molar-refractivity contribution is -0.0864. The van der Waals surface area contributed by atoms with E-state index in [9.17, 15) is 10.2 Å². The van der Waals surface area contributed by atoms with Crippen LogP contribution in [0.5, 0.6) is 23.0 Å². The second-order valence-corrected chi connectivity index (χ2v) is 7.36. The Labute approximate surface area is 145 Å². The molecule has 0 aliphatic carbocycles. The zero-order valence-corrected chi connectivity index (χ0v) is 13.9. The first-order chi connectivity index (χ1) is 11.9. The fraction of sp³-hybridized carbons (Fsp3) is 0.300. The quantitative estimate of drug-likeness (QED) is 0.771. The van der Waals surface area contributed by atoms with Gasteiger partial charge in [0, 0.05) is 22.8 Å². The fourth-order valence-electron chi connectivity index (χ4n) is 3.73. The number of hydrogen-bond acceptors (Lipinski definition) is 5. The van der Waals surface area contributed by atoms with Crippen molar-refractivity contribution in [2.45, 2.75) is 31.2 Å². The first-order valence-corrected chi connectivity index (χ1v) is 8.27. The van der Waals surface area contributed by atoms with Crippen molar-refractivity contribution in [3.63, 3.8) is 0 Å². The van der Waals surface area contributed by atoms with Crippen LogP contribution in [0.15, 0.2) is 36.4 Å².